The van der Waals surface area contributed by atoms with Gasteiger partial charge in [0.05, 0.1) is 5.02 Å². The van der Waals surface area contributed by atoms with Crippen LogP contribution in [0.15, 0.2) is 104 Å². The van der Waals surface area contributed by atoms with E-state index in [0.29, 0.717) is 0 Å². The van der Waals surface area contributed by atoms with E-state index >= 15 is 0 Å². The number of hydrogen-bond donors (Lipinski definition) is 1. The Kier molecular flexibility index (Phi) is 4.97. The third-order valence-electron chi connectivity index (χ3n) is 5.30. The van der Waals surface area contributed by atoms with Crippen LogP contribution in [0, 0.1) is 0 Å². The summed E-state index contributed by atoms with van der Waals surface area (Å²) in [4.78, 5) is 2.06. The normalized spacial score (nSPS) is 19.1. The van der Waals surface area contributed by atoms with Crippen LogP contribution in [0.5, 0.6) is 0 Å². The van der Waals surface area contributed by atoms with Crippen molar-refractivity contribution < 1.29 is 0 Å². The Morgan fingerprint density at radius 3 is 2.50 bits per heavy atom. The lowest BCUT2D eigenvalue weighted by molar-refractivity contribution is 0.593. The van der Waals surface area contributed by atoms with Crippen molar-refractivity contribution in [2.75, 3.05) is 4.90 Å². The van der Waals surface area contributed by atoms with Crippen molar-refractivity contribution in [3.63, 3.8) is 0 Å². The Hall–Kier alpha value is -2.97. The van der Waals surface area contributed by atoms with Gasteiger partial charge < -0.3 is 10.2 Å². The average molecular weight is 387 g/mol. The molecule has 2 nitrogen and oxygen atoms in total. The molecule has 2 heterocycles. The molecule has 2 aromatic rings. The fourth-order valence-corrected chi connectivity index (χ4v) is 4.15. The largest absolute Gasteiger partial charge is 0.363 e. The van der Waals surface area contributed by atoms with Gasteiger partial charge in [-0.1, -0.05) is 67.7 Å². The van der Waals surface area contributed by atoms with E-state index in [0.717, 1.165) is 57.3 Å². The van der Waals surface area contributed by atoms with E-state index in [-0.39, 0.29) is 5.92 Å². The first-order chi connectivity index (χ1) is 13.5. The van der Waals surface area contributed by atoms with E-state index in [1.54, 1.807) is 0 Å². The van der Waals surface area contributed by atoms with Gasteiger partial charge in [0.1, 0.15) is 0 Å². The minimum Gasteiger partial charge on any atom is -0.363 e. The summed E-state index contributed by atoms with van der Waals surface area (Å²) in [6, 6.07) is 14.6. The maximum atomic E-state index is 6.85. The molecule has 140 valence electrons. The van der Waals surface area contributed by atoms with Gasteiger partial charge in [-0.2, -0.15) is 0 Å². The number of allylic oxidation sites excluding steroid dienone is 5. The summed E-state index contributed by atoms with van der Waals surface area (Å²) in [5.74, 6) is 0.200. The molecule has 3 heteroatoms. The average Bonchev–Trinajstić information content (AvgIpc) is 2.69. The highest BCUT2D eigenvalue weighted by Crippen LogP contribution is 2.40. The van der Waals surface area contributed by atoms with Gasteiger partial charge in [-0.15, -0.1) is 0 Å². The van der Waals surface area contributed by atoms with Crippen LogP contribution in [-0.2, 0) is 0 Å². The molecule has 4 rings (SSSR count). The Morgan fingerprint density at radius 1 is 1.00 bits per heavy atom. The molecule has 0 spiro atoms. The molecule has 1 atom stereocenters. The summed E-state index contributed by atoms with van der Waals surface area (Å²) in [7, 11) is 0. The molecular weight excluding hydrogens is 364 g/mol. The zero-order chi connectivity index (χ0) is 19.7. The van der Waals surface area contributed by atoms with Crippen molar-refractivity contribution in [2.24, 2.45) is 0 Å². The fourth-order valence-electron chi connectivity index (χ4n) is 3.79. The topological polar surface area (TPSA) is 15.3 Å². The van der Waals surface area contributed by atoms with Crippen LogP contribution in [0.25, 0.3) is 11.1 Å². The number of nitrogens with one attached hydrogen (secondary N) is 1. The van der Waals surface area contributed by atoms with Crippen LogP contribution in [0.3, 0.4) is 0 Å². The van der Waals surface area contributed by atoms with Crippen LogP contribution in [0.4, 0.5) is 5.69 Å². The molecule has 1 saturated heterocycles. The van der Waals surface area contributed by atoms with E-state index in [2.05, 4.69) is 72.4 Å². The summed E-state index contributed by atoms with van der Waals surface area (Å²) in [6.07, 6.45) is 9.91. The first kappa shape index (κ1) is 18.4. The first-order valence-electron chi connectivity index (χ1n) is 9.40. The Bertz CT molecular complexity index is 1010. The number of hydrogen-bond acceptors (Lipinski definition) is 2. The maximum Gasteiger partial charge on any atom is 0.0523 e. The highest BCUT2D eigenvalue weighted by molar-refractivity contribution is 6.34. The SMILES string of the molecule is C=C1CCC(c2cccc(-c3ccc(N4C=CC=CC4=C)cc3)c2Cl)C(=C)N1. The minimum atomic E-state index is 0.200. The minimum absolute atomic E-state index is 0.200. The van der Waals surface area contributed by atoms with E-state index in [1.807, 2.05) is 24.4 Å². The Balaban J connectivity index is 1.64. The molecule has 2 aliphatic rings. The van der Waals surface area contributed by atoms with Crippen molar-refractivity contribution in [3.8, 4) is 11.1 Å². The molecular formula is C25H23ClN2. The van der Waals surface area contributed by atoms with Crippen molar-refractivity contribution in [2.45, 2.75) is 18.8 Å². The van der Waals surface area contributed by atoms with Gasteiger partial charge in [0.25, 0.3) is 0 Å². The predicted molar refractivity (Wildman–Crippen MR) is 120 cm³/mol. The van der Waals surface area contributed by atoms with Crippen LogP contribution in [0.1, 0.15) is 24.3 Å². The Labute approximate surface area is 171 Å². The number of nitrogens with zero attached hydrogens (tertiary/aromatic N) is 1. The molecule has 1 fully saturated rings. The van der Waals surface area contributed by atoms with Gasteiger partial charge in [-0.3, -0.25) is 0 Å². The van der Waals surface area contributed by atoms with Crippen molar-refractivity contribution in [3.05, 3.63) is 114 Å². The summed E-state index contributed by atoms with van der Waals surface area (Å²) >= 11 is 6.85. The van der Waals surface area contributed by atoms with Crippen LogP contribution < -0.4 is 10.2 Å². The van der Waals surface area contributed by atoms with Gasteiger partial charge in [0.15, 0.2) is 0 Å². The van der Waals surface area contributed by atoms with E-state index < -0.39 is 0 Å². The quantitative estimate of drug-likeness (QED) is 0.616. The standard InChI is InChI=1S/C25H23ClN2/c1-17-10-15-22(19(3)27-17)24-9-6-8-23(25(24)26)20-11-13-21(14-12-20)28-16-5-4-7-18(28)2/h4-9,11-14,16,22,27H,1-3,10,15H2. The molecule has 2 aromatic carbocycles. The van der Waals surface area contributed by atoms with Crippen LogP contribution in [-0.4, -0.2) is 0 Å². The summed E-state index contributed by atoms with van der Waals surface area (Å²) in [5.41, 5.74) is 7.25. The van der Waals surface area contributed by atoms with Crippen LogP contribution in [0.2, 0.25) is 5.02 Å². The zero-order valence-electron chi connectivity index (χ0n) is 15.8. The predicted octanol–water partition coefficient (Wildman–Crippen LogP) is 6.91. The molecule has 0 saturated carbocycles. The second kappa shape index (κ2) is 7.57. The van der Waals surface area contributed by atoms with Crippen molar-refractivity contribution in [1.29, 1.82) is 0 Å². The lowest BCUT2D eigenvalue weighted by Crippen LogP contribution is -2.23. The number of piperidine rings is 1. The van der Waals surface area contributed by atoms with E-state index in [1.165, 1.54) is 0 Å². The number of benzene rings is 2. The van der Waals surface area contributed by atoms with Crippen LogP contribution >= 0.6 is 11.6 Å². The molecule has 2 aliphatic heterocycles. The lowest BCUT2D eigenvalue weighted by atomic mass is 9.86. The fraction of sp³-hybridized carbons (Fsp3) is 0.120. The molecule has 0 aromatic heterocycles. The first-order valence-corrected chi connectivity index (χ1v) is 9.78. The molecule has 1 N–H and O–H groups in total. The second-order valence-corrected chi connectivity index (χ2v) is 7.54. The molecule has 0 aliphatic carbocycles. The highest BCUT2D eigenvalue weighted by Gasteiger charge is 2.24. The van der Waals surface area contributed by atoms with Gasteiger partial charge in [0, 0.05) is 40.5 Å². The monoisotopic (exact) mass is 386 g/mol. The van der Waals surface area contributed by atoms with Crippen molar-refractivity contribution in [1.82, 2.24) is 5.32 Å². The van der Waals surface area contributed by atoms with E-state index in [9.17, 15) is 0 Å². The van der Waals surface area contributed by atoms with Gasteiger partial charge in [-0.25, -0.2) is 0 Å². The van der Waals surface area contributed by atoms with Gasteiger partial charge in [0.2, 0.25) is 0 Å². The number of halogens is 1. The number of anilines is 1. The smallest absolute Gasteiger partial charge is 0.0523 e. The highest BCUT2D eigenvalue weighted by atomic mass is 35.5. The summed E-state index contributed by atoms with van der Waals surface area (Å²) in [5, 5.41) is 4.08. The third kappa shape index (κ3) is 3.44. The second-order valence-electron chi connectivity index (χ2n) is 7.16. The van der Waals surface area contributed by atoms with E-state index in [4.69, 9.17) is 11.6 Å². The molecule has 28 heavy (non-hydrogen) atoms. The number of rotatable bonds is 3. The summed E-state index contributed by atoms with van der Waals surface area (Å²) in [6.45, 7) is 12.3. The molecule has 0 amide bonds. The molecule has 0 bridgehead atoms. The third-order valence-corrected chi connectivity index (χ3v) is 5.72. The van der Waals surface area contributed by atoms with Gasteiger partial charge >= 0.3 is 0 Å². The summed E-state index contributed by atoms with van der Waals surface area (Å²) < 4.78 is 0. The Morgan fingerprint density at radius 2 is 1.79 bits per heavy atom. The lowest BCUT2D eigenvalue weighted by Gasteiger charge is -2.29. The van der Waals surface area contributed by atoms with Gasteiger partial charge in [-0.05, 0) is 48.3 Å². The zero-order valence-corrected chi connectivity index (χ0v) is 16.5. The molecule has 0 radical (unpaired) electrons. The van der Waals surface area contributed by atoms with Crippen molar-refractivity contribution >= 4 is 17.3 Å². The molecule has 1 unspecified atom stereocenters. The maximum absolute atomic E-state index is 6.85.